The number of hydrogen-bond donors (Lipinski definition) is 0. The van der Waals surface area contributed by atoms with Gasteiger partial charge >= 0.3 is 0 Å². The Hall–Kier alpha value is -1.03. The van der Waals surface area contributed by atoms with E-state index in [9.17, 15) is 0 Å². The maximum Gasteiger partial charge on any atom is 0.0491 e. The predicted molar refractivity (Wildman–Crippen MR) is 106 cm³/mol. The van der Waals surface area contributed by atoms with E-state index in [1.54, 1.807) is 0 Å². The summed E-state index contributed by atoms with van der Waals surface area (Å²) in [6.07, 6.45) is 8.20. The van der Waals surface area contributed by atoms with Crippen molar-refractivity contribution in [2.45, 2.75) is 45.1 Å². The summed E-state index contributed by atoms with van der Waals surface area (Å²) >= 11 is 2.48. The molecule has 0 radical (unpaired) electrons. The Morgan fingerprint density at radius 1 is 0.636 bits per heavy atom. The number of benzene rings is 2. The third-order valence-corrected chi connectivity index (χ3v) is 5.21. The average molecular weight is 405 g/mol. The van der Waals surface area contributed by atoms with Gasteiger partial charge in [0, 0.05) is 28.4 Å². The van der Waals surface area contributed by atoms with Crippen molar-refractivity contribution in [1.82, 2.24) is 4.57 Å². The molecule has 0 N–H and O–H groups in total. The molecule has 0 fully saturated rings. The van der Waals surface area contributed by atoms with Crippen molar-refractivity contribution in [2.24, 2.45) is 0 Å². The van der Waals surface area contributed by atoms with Crippen molar-refractivity contribution >= 4 is 44.4 Å². The fourth-order valence-corrected chi connectivity index (χ4v) is 3.86. The molecular formula is C20H24IN. The fourth-order valence-electron chi connectivity index (χ4n) is 3.32. The van der Waals surface area contributed by atoms with Gasteiger partial charge in [0.25, 0.3) is 0 Å². The van der Waals surface area contributed by atoms with Gasteiger partial charge in [-0.2, -0.15) is 0 Å². The smallest absolute Gasteiger partial charge is 0.0491 e. The highest BCUT2D eigenvalue weighted by atomic mass is 127. The summed E-state index contributed by atoms with van der Waals surface area (Å²) in [6.45, 7) is 1.14. The van der Waals surface area contributed by atoms with Crippen molar-refractivity contribution in [1.29, 1.82) is 0 Å². The van der Waals surface area contributed by atoms with E-state index in [0.29, 0.717) is 0 Å². The molecule has 0 aliphatic carbocycles. The van der Waals surface area contributed by atoms with Crippen LogP contribution in [0.3, 0.4) is 0 Å². The monoisotopic (exact) mass is 405 g/mol. The maximum atomic E-state index is 2.51. The summed E-state index contributed by atoms with van der Waals surface area (Å²) in [5.41, 5.74) is 2.77. The van der Waals surface area contributed by atoms with Crippen LogP contribution in [-0.2, 0) is 6.54 Å². The number of unbranched alkanes of at least 4 members (excludes halogenated alkanes) is 5. The molecular weight excluding hydrogens is 381 g/mol. The highest BCUT2D eigenvalue weighted by Gasteiger charge is 2.08. The van der Waals surface area contributed by atoms with Gasteiger partial charge in [0.05, 0.1) is 0 Å². The minimum absolute atomic E-state index is 1.14. The molecule has 0 amide bonds. The summed E-state index contributed by atoms with van der Waals surface area (Å²) in [5, 5.41) is 2.78. The molecule has 0 aliphatic heterocycles. The molecule has 0 saturated heterocycles. The van der Waals surface area contributed by atoms with Gasteiger partial charge < -0.3 is 4.57 Å². The molecule has 2 heteroatoms. The molecule has 1 aromatic heterocycles. The van der Waals surface area contributed by atoms with Gasteiger partial charge in [0.2, 0.25) is 0 Å². The molecule has 1 heterocycles. The Balaban J connectivity index is 1.70. The Morgan fingerprint density at radius 2 is 1.14 bits per heavy atom. The second-order valence-corrected chi connectivity index (χ2v) is 7.07. The minimum Gasteiger partial charge on any atom is -0.340 e. The number of fused-ring (bicyclic) bond motifs is 3. The lowest BCUT2D eigenvalue weighted by molar-refractivity contribution is 0.573. The maximum absolute atomic E-state index is 2.51. The highest BCUT2D eigenvalue weighted by Crippen LogP contribution is 2.29. The fraction of sp³-hybridized carbons (Fsp3) is 0.400. The standard InChI is InChI=1S/C20H24IN/c21-15-9-3-1-2-4-10-16-22-19-13-7-5-11-17(19)18-12-6-8-14-20(18)22/h5-8,11-14H,1-4,9-10,15-16H2. The first kappa shape index (κ1) is 15.9. The SMILES string of the molecule is ICCCCCCCCn1c2ccccc2c2ccccc21. The Kier molecular flexibility index (Phi) is 5.76. The second kappa shape index (κ2) is 8.00. The summed E-state index contributed by atoms with van der Waals surface area (Å²) in [7, 11) is 0. The molecule has 0 bridgehead atoms. The van der Waals surface area contributed by atoms with Crippen LogP contribution in [-0.4, -0.2) is 8.99 Å². The molecule has 3 aromatic rings. The van der Waals surface area contributed by atoms with Crippen LogP contribution >= 0.6 is 22.6 Å². The second-order valence-electron chi connectivity index (χ2n) is 6.00. The zero-order valence-corrected chi connectivity index (χ0v) is 15.3. The number of aryl methyl sites for hydroxylation is 1. The van der Waals surface area contributed by atoms with Crippen LogP contribution in [0.25, 0.3) is 21.8 Å². The largest absolute Gasteiger partial charge is 0.340 e. The number of aromatic nitrogens is 1. The van der Waals surface area contributed by atoms with Crippen LogP contribution in [0.15, 0.2) is 48.5 Å². The highest BCUT2D eigenvalue weighted by molar-refractivity contribution is 14.1. The Bertz CT molecular complexity index is 675. The quantitative estimate of drug-likeness (QED) is 0.227. The van der Waals surface area contributed by atoms with Crippen LogP contribution in [0.5, 0.6) is 0 Å². The van der Waals surface area contributed by atoms with E-state index >= 15 is 0 Å². The van der Waals surface area contributed by atoms with Gasteiger partial charge in [-0.25, -0.2) is 0 Å². The van der Waals surface area contributed by atoms with Gasteiger partial charge in [0.15, 0.2) is 0 Å². The first-order valence-corrected chi connectivity index (χ1v) is 9.96. The molecule has 3 rings (SSSR count). The topological polar surface area (TPSA) is 4.93 Å². The van der Waals surface area contributed by atoms with Crippen LogP contribution in [0.1, 0.15) is 38.5 Å². The lowest BCUT2D eigenvalue weighted by Gasteiger charge is -2.07. The van der Waals surface area contributed by atoms with Crippen LogP contribution in [0, 0.1) is 0 Å². The zero-order valence-electron chi connectivity index (χ0n) is 13.1. The number of rotatable bonds is 8. The lowest BCUT2D eigenvalue weighted by atomic mass is 10.1. The molecule has 0 unspecified atom stereocenters. The van der Waals surface area contributed by atoms with Crippen LogP contribution in [0.4, 0.5) is 0 Å². The van der Waals surface area contributed by atoms with E-state index in [0.717, 1.165) is 6.54 Å². The molecule has 0 spiro atoms. The summed E-state index contributed by atoms with van der Waals surface area (Å²) in [6, 6.07) is 17.6. The number of para-hydroxylation sites is 2. The molecule has 22 heavy (non-hydrogen) atoms. The van der Waals surface area contributed by atoms with Gasteiger partial charge in [0.1, 0.15) is 0 Å². The van der Waals surface area contributed by atoms with E-state index in [2.05, 4.69) is 75.7 Å². The summed E-state index contributed by atoms with van der Waals surface area (Å²) in [4.78, 5) is 0. The minimum atomic E-state index is 1.14. The summed E-state index contributed by atoms with van der Waals surface area (Å²) < 4.78 is 3.81. The predicted octanol–water partition coefficient (Wildman–Crippen LogP) is 6.57. The van der Waals surface area contributed by atoms with Gasteiger partial charge in [-0.15, -0.1) is 0 Å². The summed E-state index contributed by atoms with van der Waals surface area (Å²) in [5.74, 6) is 0. The van der Waals surface area contributed by atoms with Crippen molar-refractivity contribution in [2.75, 3.05) is 4.43 Å². The molecule has 2 aromatic carbocycles. The third-order valence-electron chi connectivity index (χ3n) is 4.45. The van der Waals surface area contributed by atoms with E-state index in [4.69, 9.17) is 0 Å². The van der Waals surface area contributed by atoms with E-state index in [-0.39, 0.29) is 0 Å². The molecule has 116 valence electrons. The van der Waals surface area contributed by atoms with Gasteiger partial charge in [-0.05, 0) is 29.4 Å². The average Bonchev–Trinajstić information content (AvgIpc) is 2.89. The van der Waals surface area contributed by atoms with Gasteiger partial charge in [-0.3, -0.25) is 0 Å². The van der Waals surface area contributed by atoms with Crippen molar-refractivity contribution in [3.63, 3.8) is 0 Å². The third kappa shape index (κ3) is 3.48. The van der Waals surface area contributed by atoms with Crippen LogP contribution in [0.2, 0.25) is 0 Å². The lowest BCUT2D eigenvalue weighted by Crippen LogP contribution is -1.97. The first-order valence-electron chi connectivity index (χ1n) is 8.44. The number of alkyl halides is 1. The van der Waals surface area contributed by atoms with Gasteiger partial charge in [-0.1, -0.05) is 84.7 Å². The zero-order chi connectivity index (χ0) is 15.2. The van der Waals surface area contributed by atoms with E-state index < -0.39 is 0 Å². The first-order chi connectivity index (χ1) is 10.9. The number of halogens is 1. The Morgan fingerprint density at radius 3 is 1.73 bits per heavy atom. The van der Waals surface area contributed by atoms with Crippen LogP contribution < -0.4 is 0 Å². The number of nitrogens with zero attached hydrogens (tertiary/aromatic N) is 1. The Labute approximate surface area is 146 Å². The molecule has 1 nitrogen and oxygen atoms in total. The molecule has 0 saturated carbocycles. The molecule has 0 atom stereocenters. The van der Waals surface area contributed by atoms with Crippen molar-refractivity contribution in [3.8, 4) is 0 Å². The number of hydrogen-bond acceptors (Lipinski definition) is 0. The van der Waals surface area contributed by atoms with E-state index in [1.165, 1.54) is 64.8 Å². The normalized spacial score (nSPS) is 11.5. The molecule has 0 aliphatic rings. The van der Waals surface area contributed by atoms with Crippen molar-refractivity contribution < 1.29 is 0 Å². The van der Waals surface area contributed by atoms with Crippen molar-refractivity contribution in [3.05, 3.63) is 48.5 Å². The van der Waals surface area contributed by atoms with E-state index in [1.807, 2.05) is 0 Å².